The summed E-state index contributed by atoms with van der Waals surface area (Å²) in [6, 6.07) is 8.68. The van der Waals surface area contributed by atoms with Crippen molar-refractivity contribution in [2.45, 2.75) is 31.5 Å². The molecule has 1 saturated heterocycles. The van der Waals surface area contributed by atoms with Gasteiger partial charge in [-0.2, -0.15) is 0 Å². The second kappa shape index (κ2) is 6.37. The Kier molecular flexibility index (Phi) is 4.80. The van der Waals surface area contributed by atoms with Crippen LogP contribution in [-0.4, -0.2) is 55.4 Å². The molecule has 1 fully saturated rings. The molecule has 1 aromatic rings. The Morgan fingerprint density at radius 2 is 2.16 bits per heavy atom. The van der Waals surface area contributed by atoms with E-state index in [0.29, 0.717) is 12.6 Å². The van der Waals surface area contributed by atoms with Gasteiger partial charge in [0, 0.05) is 25.2 Å². The number of para-hydroxylation sites is 1. The van der Waals surface area contributed by atoms with Gasteiger partial charge in [-0.15, -0.1) is 0 Å². The molecule has 2 rings (SSSR count). The number of aliphatic hydroxyl groups excluding tert-OH is 1. The molecular formula is C15H24N2O2. The van der Waals surface area contributed by atoms with E-state index >= 15 is 0 Å². The zero-order valence-corrected chi connectivity index (χ0v) is 12.0. The zero-order chi connectivity index (χ0) is 13.8. The fourth-order valence-electron chi connectivity index (χ4n) is 2.73. The van der Waals surface area contributed by atoms with Crippen LogP contribution in [0.3, 0.4) is 0 Å². The fourth-order valence-corrected chi connectivity index (χ4v) is 2.73. The minimum Gasteiger partial charge on any atom is -0.496 e. The first-order valence-electron chi connectivity index (χ1n) is 6.86. The Hall–Kier alpha value is -1.10. The van der Waals surface area contributed by atoms with Crippen LogP contribution in [0.25, 0.3) is 0 Å². The highest BCUT2D eigenvalue weighted by Crippen LogP contribution is 2.21. The number of aliphatic hydroxyl groups is 1. The summed E-state index contributed by atoms with van der Waals surface area (Å²) in [5, 5.41) is 13.2. The monoisotopic (exact) mass is 264 g/mol. The van der Waals surface area contributed by atoms with E-state index in [9.17, 15) is 5.11 Å². The maximum Gasteiger partial charge on any atom is 0.122 e. The van der Waals surface area contributed by atoms with Crippen LogP contribution in [0.15, 0.2) is 24.3 Å². The topological polar surface area (TPSA) is 44.7 Å². The highest BCUT2D eigenvalue weighted by atomic mass is 16.5. The van der Waals surface area contributed by atoms with Crippen molar-refractivity contribution in [3.63, 3.8) is 0 Å². The fraction of sp³-hybridized carbons (Fsp3) is 0.600. The van der Waals surface area contributed by atoms with E-state index < -0.39 is 0 Å². The summed E-state index contributed by atoms with van der Waals surface area (Å²) in [5.41, 5.74) is 1.21. The van der Waals surface area contributed by atoms with Gasteiger partial charge in [0.25, 0.3) is 0 Å². The number of benzene rings is 1. The number of likely N-dealkylation sites (N-methyl/N-ethyl adjacent to an activating group) is 1. The molecule has 0 bridgehead atoms. The van der Waals surface area contributed by atoms with Crippen molar-refractivity contribution in [3.05, 3.63) is 29.8 Å². The molecule has 3 unspecified atom stereocenters. The standard InChI is InChI=1S/C15H24N2O2/c1-11(17(2)13-9-16-10-14(13)18)8-12-6-4-5-7-15(12)19-3/h4-7,11,13-14,16,18H,8-10H2,1-3H3. The van der Waals surface area contributed by atoms with Crippen LogP contribution in [0, 0.1) is 0 Å². The minimum absolute atomic E-state index is 0.199. The van der Waals surface area contributed by atoms with Gasteiger partial charge in [-0.3, -0.25) is 4.90 Å². The van der Waals surface area contributed by atoms with Crippen LogP contribution >= 0.6 is 0 Å². The highest BCUT2D eigenvalue weighted by molar-refractivity contribution is 5.33. The lowest BCUT2D eigenvalue weighted by atomic mass is 10.0. The van der Waals surface area contributed by atoms with E-state index in [1.54, 1.807) is 7.11 Å². The third kappa shape index (κ3) is 3.26. The van der Waals surface area contributed by atoms with Gasteiger partial charge in [0.1, 0.15) is 5.75 Å². The van der Waals surface area contributed by atoms with Crippen LogP contribution in [0.4, 0.5) is 0 Å². The second-order valence-electron chi connectivity index (χ2n) is 5.32. The summed E-state index contributed by atoms with van der Waals surface area (Å²) < 4.78 is 5.39. The molecule has 0 saturated carbocycles. The lowest BCUT2D eigenvalue weighted by Gasteiger charge is -2.32. The van der Waals surface area contributed by atoms with Gasteiger partial charge in [0.15, 0.2) is 0 Å². The quantitative estimate of drug-likeness (QED) is 0.829. The largest absolute Gasteiger partial charge is 0.496 e. The van der Waals surface area contributed by atoms with Crippen LogP contribution in [0.5, 0.6) is 5.75 Å². The molecular weight excluding hydrogens is 240 g/mol. The molecule has 2 N–H and O–H groups in total. The van der Waals surface area contributed by atoms with Gasteiger partial charge in [-0.05, 0) is 32.0 Å². The van der Waals surface area contributed by atoms with Gasteiger partial charge in [0.05, 0.1) is 13.2 Å². The summed E-state index contributed by atoms with van der Waals surface area (Å²) in [7, 11) is 3.79. The molecule has 1 aromatic carbocycles. The molecule has 1 aliphatic heterocycles. The van der Waals surface area contributed by atoms with Gasteiger partial charge < -0.3 is 15.2 Å². The Bertz CT molecular complexity index is 411. The maximum atomic E-state index is 9.95. The van der Waals surface area contributed by atoms with Crippen molar-refractivity contribution < 1.29 is 9.84 Å². The molecule has 0 aliphatic carbocycles. The molecule has 19 heavy (non-hydrogen) atoms. The third-order valence-corrected chi connectivity index (χ3v) is 4.08. The number of nitrogens with one attached hydrogen (secondary N) is 1. The van der Waals surface area contributed by atoms with Gasteiger partial charge >= 0.3 is 0 Å². The Labute approximate surface area is 115 Å². The Morgan fingerprint density at radius 3 is 2.79 bits per heavy atom. The van der Waals surface area contributed by atoms with Crippen molar-refractivity contribution >= 4 is 0 Å². The molecule has 1 aliphatic rings. The molecule has 0 spiro atoms. The van der Waals surface area contributed by atoms with Crippen molar-refractivity contribution in [2.24, 2.45) is 0 Å². The lowest BCUT2D eigenvalue weighted by Crippen LogP contribution is -2.46. The first kappa shape index (κ1) is 14.3. The van der Waals surface area contributed by atoms with E-state index in [1.165, 1.54) is 5.56 Å². The number of rotatable bonds is 5. The maximum absolute atomic E-state index is 9.95. The molecule has 0 radical (unpaired) electrons. The molecule has 106 valence electrons. The number of nitrogens with zero attached hydrogens (tertiary/aromatic N) is 1. The minimum atomic E-state index is -0.273. The average Bonchev–Trinajstić information content (AvgIpc) is 2.84. The van der Waals surface area contributed by atoms with Crippen LogP contribution in [0.1, 0.15) is 12.5 Å². The summed E-state index contributed by atoms with van der Waals surface area (Å²) >= 11 is 0. The first-order valence-corrected chi connectivity index (χ1v) is 6.86. The zero-order valence-electron chi connectivity index (χ0n) is 12.0. The molecule has 4 nitrogen and oxygen atoms in total. The number of methoxy groups -OCH3 is 1. The molecule has 3 atom stereocenters. The number of hydrogen-bond acceptors (Lipinski definition) is 4. The predicted molar refractivity (Wildman–Crippen MR) is 76.6 cm³/mol. The van der Waals surface area contributed by atoms with Gasteiger partial charge in [-0.1, -0.05) is 18.2 Å². The van der Waals surface area contributed by atoms with E-state index in [1.807, 2.05) is 18.2 Å². The molecule has 4 heteroatoms. The Morgan fingerprint density at radius 1 is 1.42 bits per heavy atom. The van der Waals surface area contributed by atoms with E-state index in [2.05, 4.69) is 30.3 Å². The number of hydrogen-bond donors (Lipinski definition) is 2. The highest BCUT2D eigenvalue weighted by Gasteiger charge is 2.30. The summed E-state index contributed by atoms with van der Waals surface area (Å²) in [5.74, 6) is 0.938. The SMILES string of the molecule is COc1ccccc1CC(C)N(C)C1CNCC1O. The smallest absolute Gasteiger partial charge is 0.122 e. The number of β-amino-alcohol motifs (C(OH)–C–C–N with tert-alkyl or cyclic N) is 1. The van der Waals surface area contributed by atoms with Gasteiger partial charge in [0.2, 0.25) is 0 Å². The predicted octanol–water partition coefficient (Wildman–Crippen LogP) is 0.891. The summed E-state index contributed by atoms with van der Waals surface area (Å²) in [4.78, 5) is 2.26. The lowest BCUT2D eigenvalue weighted by molar-refractivity contribution is 0.0776. The van der Waals surface area contributed by atoms with Crippen molar-refractivity contribution in [3.8, 4) is 5.75 Å². The van der Waals surface area contributed by atoms with Gasteiger partial charge in [-0.25, -0.2) is 0 Å². The molecule has 1 heterocycles. The molecule has 0 aromatic heterocycles. The number of ether oxygens (including phenoxy) is 1. The summed E-state index contributed by atoms with van der Waals surface area (Å²) in [6.45, 7) is 3.74. The van der Waals surface area contributed by atoms with Crippen LogP contribution < -0.4 is 10.1 Å². The van der Waals surface area contributed by atoms with E-state index in [4.69, 9.17) is 4.74 Å². The molecule has 0 amide bonds. The normalized spacial score (nSPS) is 24.7. The van der Waals surface area contributed by atoms with E-state index in [-0.39, 0.29) is 12.1 Å². The van der Waals surface area contributed by atoms with Crippen molar-refractivity contribution in [2.75, 3.05) is 27.2 Å². The van der Waals surface area contributed by atoms with Crippen LogP contribution in [-0.2, 0) is 6.42 Å². The van der Waals surface area contributed by atoms with Crippen LogP contribution in [0.2, 0.25) is 0 Å². The third-order valence-electron chi connectivity index (χ3n) is 4.08. The second-order valence-corrected chi connectivity index (χ2v) is 5.32. The van der Waals surface area contributed by atoms with Crippen molar-refractivity contribution in [1.29, 1.82) is 0 Å². The summed E-state index contributed by atoms with van der Waals surface area (Å²) in [6.07, 6.45) is 0.647. The first-order chi connectivity index (χ1) is 9.13. The Balaban J connectivity index is 2.01. The average molecular weight is 264 g/mol. The van der Waals surface area contributed by atoms with E-state index in [0.717, 1.165) is 18.7 Å². The van der Waals surface area contributed by atoms with Crippen molar-refractivity contribution in [1.82, 2.24) is 10.2 Å².